The third-order valence-corrected chi connectivity index (χ3v) is 2.03. The van der Waals surface area contributed by atoms with Crippen molar-refractivity contribution < 1.29 is 14.8 Å². The Bertz CT molecular complexity index is 487. The normalized spacial score (nSPS) is 9.71. The summed E-state index contributed by atoms with van der Waals surface area (Å²) in [6, 6.07) is 3.68. The molecule has 1 amide bonds. The molecule has 0 aliphatic carbocycles. The number of benzene rings is 1. The van der Waals surface area contributed by atoms with Crippen LogP contribution in [0.5, 0.6) is 5.75 Å². The zero-order valence-electron chi connectivity index (χ0n) is 8.64. The second-order valence-corrected chi connectivity index (χ2v) is 3.66. The maximum Gasteiger partial charge on any atom is 0.311 e. The van der Waals surface area contributed by atoms with Crippen molar-refractivity contribution >= 4 is 23.2 Å². The van der Waals surface area contributed by atoms with Gasteiger partial charge in [0.1, 0.15) is 0 Å². The van der Waals surface area contributed by atoms with Crippen LogP contribution in [0.2, 0.25) is 0 Å². The SMILES string of the molecule is C=C(Cl)CNC(=O)c1cccc([N+](=O)[O-])c1O. The topological polar surface area (TPSA) is 92.5 Å². The number of carbonyl (C=O) groups is 1. The van der Waals surface area contributed by atoms with Crippen LogP contribution in [0.4, 0.5) is 5.69 Å². The van der Waals surface area contributed by atoms with Crippen LogP contribution in [-0.4, -0.2) is 22.5 Å². The molecule has 90 valence electrons. The Morgan fingerprint density at radius 1 is 1.59 bits per heavy atom. The molecule has 0 atom stereocenters. The number of phenols is 1. The molecular weight excluding hydrogens is 248 g/mol. The van der Waals surface area contributed by atoms with Crippen LogP contribution < -0.4 is 5.32 Å². The number of para-hydroxylation sites is 1. The molecule has 0 saturated heterocycles. The van der Waals surface area contributed by atoms with Crippen LogP contribution in [-0.2, 0) is 0 Å². The zero-order valence-corrected chi connectivity index (χ0v) is 9.40. The number of hydrogen-bond donors (Lipinski definition) is 2. The summed E-state index contributed by atoms with van der Waals surface area (Å²) < 4.78 is 0. The lowest BCUT2D eigenvalue weighted by molar-refractivity contribution is -0.385. The predicted molar refractivity (Wildman–Crippen MR) is 62.1 cm³/mol. The van der Waals surface area contributed by atoms with Gasteiger partial charge < -0.3 is 10.4 Å². The van der Waals surface area contributed by atoms with Crippen LogP contribution in [0.25, 0.3) is 0 Å². The molecule has 2 N–H and O–H groups in total. The van der Waals surface area contributed by atoms with Gasteiger partial charge in [-0.1, -0.05) is 24.2 Å². The first-order valence-corrected chi connectivity index (χ1v) is 4.89. The van der Waals surface area contributed by atoms with Gasteiger partial charge in [0.25, 0.3) is 5.91 Å². The fourth-order valence-corrected chi connectivity index (χ4v) is 1.20. The van der Waals surface area contributed by atoms with Crippen molar-refractivity contribution in [2.75, 3.05) is 6.54 Å². The molecule has 0 spiro atoms. The fourth-order valence-electron chi connectivity index (χ4n) is 1.13. The molecule has 0 unspecified atom stereocenters. The van der Waals surface area contributed by atoms with E-state index in [9.17, 15) is 20.0 Å². The Balaban J connectivity index is 2.98. The van der Waals surface area contributed by atoms with E-state index < -0.39 is 22.3 Å². The van der Waals surface area contributed by atoms with Crippen molar-refractivity contribution in [2.45, 2.75) is 0 Å². The molecule has 0 radical (unpaired) electrons. The van der Waals surface area contributed by atoms with Gasteiger partial charge in [0.2, 0.25) is 5.75 Å². The van der Waals surface area contributed by atoms with Crippen molar-refractivity contribution in [3.05, 3.63) is 45.5 Å². The first kappa shape index (κ1) is 13.0. The third kappa shape index (κ3) is 3.18. The number of carbonyl (C=O) groups excluding carboxylic acids is 1. The number of phenolic OH excluding ortho intramolecular Hbond substituents is 1. The average molecular weight is 257 g/mol. The molecule has 6 nitrogen and oxygen atoms in total. The third-order valence-electron chi connectivity index (χ3n) is 1.90. The Morgan fingerprint density at radius 2 is 2.24 bits per heavy atom. The number of nitrogens with one attached hydrogen (secondary N) is 1. The highest BCUT2D eigenvalue weighted by molar-refractivity contribution is 6.29. The van der Waals surface area contributed by atoms with Gasteiger partial charge in [0, 0.05) is 11.1 Å². The number of amides is 1. The fraction of sp³-hybridized carbons (Fsp3) is 0.100. The van der Waals surface area contributed by atoms with Crippen LogP contribution in [0.1, 0.15) is 10.4 Å². The van der Waals surface area contributed by atoms with Gasteiger partial charge >= 0.3 is 5.69 Å². The summed E-state index contributed by atoms with van der Waals surface area (Å²) in [5, 5.41) is 22.6. The van der Waals surface area contributed by atoms with Gasteiger partial charge in [-0.3, -0.25) is 14.9 Å². The Labute approximate surface area is 102 Å². The number of aromatic hydroxyl groups is 1. The summed E-state index contributed by atoms with van der Waals surface area (Å²) in [4.78, 5) is 21.3. The summed E-state index contributed by atoms with van der Waals surface area (Å²) in [6.45, 7) is 3.39. The summed E-state index contributed by atoms with van der Waals surface area (Å²) in [7, 11) is 0. The van der Waals surface area contributed by atoms with E-state index in [0.29, 0.717) is 0 Å². The van der Waals surface area contributed by atoms with Crippen molar-refractivity contribution in [3.8, 4) is 5.75 Å². The average Bonchev–Trinajstić information content (AvgIpc) is 2.25. The summed E-state index contributed by atoms with van der Waals surface area (Å²) in [5.41, 5.74) is -0.709. The summed E-state index contributed by atoms with van der Waals surface area (Å²) in [5.74, 6) is -1.33. The maximum absolute atomic E-state index is 11.6. The molecule has 0 aliphatic heterocycles. The molecule has 0 bridgehead atoms. The summed E-state index contributed by atoms with van der Waals surface area (Å²) in [6.07, 6.45) is 0. The Kier molecular flexibility index (Phi) is 4.06. The number of hydrogen-bond acceptors (Lipinski definition) is 4. The molecule has 0 saturated carbocycles. The molecule has 0 aliphatic rings. The Morgan fingerprint density at radius 3 is 2.76 bits per heavy atom. The quantitative estimate of drug-likeness (QED) is 0.634. The first-order chi connectivity index (χ1) is 7.93. The number of rotatable bonds is 4. The number of nitrogens with zero attached hydrogens (tertiary/aromatic N) is 1. The molecule has 1 aromatic rings. The predicted octanol–water partition coefficient (Wildman–Crippen LogP) is 1.78. The van der Waals surface area contributed by atoms with Crippen molar-refractivity contribution in [2.24, 2.45) is 0 Å². The van der Waals surface area contributed by atoms with Crippen molar-refractivity contribution in [1.82, 2.24) is 5.32 Å². The Hall–Kier alpha value is -2.08. The lowest BCUT2D eigenvalue weighted by atomic mass is 10.1. The minimum Gasteiger partial charge on any atom is -0.502 e. The van der Waals surface area contributed by atoms with Gasteiger partial charge in [0.05, 0.1) is 17.0 Å². The minimum absolute atomic E-state index is 0.0164. The second kappa shape index (κ2) is 5.31. The molecule has 0 fully saturated rings. The highest BCUT2D eigenvalue weighted by Crippen LogP contribution is 2.28. The van der Waals surface area contributed by atoms with E-state index >= 15 is 0 Å². The van der Waals surface area contributed by atoms with Gasteiger partial charge in [0.15, 0.2) is 0 Å². The first-order valence-electron chi connectivity index (χ1n) is 4.51. The molecule has 0 heterocycles. The molecule has 1 aromatic carbocycles. The number of nitro groups is 1. The van der Waals surface area contributed by atoms with Crippen LogP contribution in [0.3, 0.4) is 0 Å². The highest BCUT2D eigenvalue weighted by Gasteiger charge is 2.20. The minimum atomic E-state index is -0.771. The maximum atomic E-state index is 11.6. The molecular formula is C10H9ClN2O4. The van der Waals surface area contributed by atoms with Crippen molar-refractivity contribution in [1.29, 1.82) is 0 Å². The largest absolute Gasteiger partial charge is 0.502 e. The molecule has 7 heteroatoms. The highest BCUT2D eigenvalue weighted by atomic mass is 35.5. The second-order valence-electron chi connectivity index (χ2n) is 3.13. The van der Waals surface area contributed by atoms with Gasteiger partial charge in [-0.05, 0) is 6.07 Å². The van der Waals surface area contributed by atoms with Crippen LogP contribution in [0, 0.1) is 10.1 Å². The zero-order chi connectivity index (χ0) is 13.0. The molecule has 17 heavy (non-hydrogen) atoms. The van der Waals surface area contributed by atoms with E-state index in [1.807, 2.05) is 0 Å². The lowest BCUT2D eigenvalue weighted by Gasteiger charge is -2.05. The van der Waals surface area contributed by atoms with Gasteiger partial charge in [-0.2, -0.15) is 0 Å². The summed E-state index contributed by atoms with van der Waals surface area (Å²) >= 11 is 5.45. The van der Waals surface area contributed by atoms with E-state index in [-0.39, 0.29) is 17.1 Å². The van der Waals surface area contributed by atoms with Gasteiger partial charge in [-0.25, -0.2) is 0 Å². The van der Waals surface area contributed by atoms with E-state index in [0.717, 1.165) is 6.07 Å². The van der Waals surface area contributed by atoms with Crippen LogP contribution >= 0.6 is 11.6 Å². The van der Waals surface area contributed by atoms with Gasteiger partial charge in [-0.15, -0.1) is 0 Å². The van der Waals surface area contributed by atoms with E-state index in [2.05, 4.69) is 11.9 Å². The van der Waals surface area contributed by atoms with E-state index in [4.69, 9.17) is 11.6 Å². The van der Waals surface area contributed by atoms with Crippen LogP contribution in [0.15, 0.2) is 29.8 Å². The lowest BCUT2D eigenvalue weighted by Crippen LogP contribution is -2.24. The monoisotopic (exact) mass is 256 g/mol. The number of nitro benzene ring substituents is 1. The van der Waals surface area contributed by atoms with Crippen molar-refractivity contribution in [3.63, 3.8) is 0 Å². The standard InChI is InChI=1S/C10H9ClN2O4/c1-6(11)5-12-10(15)7-3-2-4-8(9(7)14)13(16)17/h2-4,14H,1,5H2,(H,12,15). The number of halogens is 1. The molecule has 0 aromatic heterocycles. The van der Waals surface area contributed by atoms with E-state index in [1.165, 1.54) is 12.1 Å². The van der Waals surface area contributed by atoms with E-state index in [1.54, 1.807) is 0 Å². The molecule has 1 rings (SSSR count). The smallest absolute Gasteiger partial charge is 0.311 e.